The van der Waals surface area contributed by atoms with Crippen molar-refractivity contribution in [3.8, 4) is 0 Å². The second-order valence-electron chi connectivity index (χ2n) is 4.31. The molecule has 96 valence electrons. The number of benzene rings is 1. The number of hydrogen-bond donors (Lipinski definition) is 1. The molecule has 1 N–H and O–H groups in total. The Morgan fingerprint density at radius 2 is 2.00 bits per heavy atom. The van der Waals surface area contributed by atoms with Crippen molar-refractivity contribution >= 4 is 0 Å². The van der Waals surface area contributed by atoms with Gasteiger partial charge in [0.05, 0.1) is 0 Å². The predicted molar refractivity (Wildman–Crippen MR) is 62.9 cm³/mol. The molecule has 4 heteroatoms. The monoisotopic (exact) mass is 245 g/mol. The van der Waals surface area contributed by atoms with E-state index in [9.17, 15) is 13.2 Å². The van der Waals surface area contributed by atoms with Crippen molar-refractivity contribution in [3.05, 3.63) is 35.4 Å². The van der Waals surface area contributed by atoms with Gasteiger partial charge in [-0.3, -0.25) is 0 Å². The van der Waals surface area contributed by atoms with Crippen molar-refractivity contribution in [2.24, 2.45) is 0 Å². The topological polar surface area (TPSA) is 12.0 Å². The summed E-state index contributed by atoms with van der Waals surface area (Å²) in [5, 5.41) is 3.10. The molecule has 0 saturated carbocycles. The van der Waals surface area contributed by atoms with Crippen molar-refractivity contribution < 1.29 is 13.2 Å². The van der Waals surface area contributed by atoms with Crippen LogP contribution in [0.15, 0.2) is 24.3 Å². The van der Waals surface area contributed by atoms with E-state index in [-0.39, 0.29) is 12.5 Å². The predicted octanol–water partition coefficient (Wildman–Crippen LogP) is 3.99. The molecular formula is C13H18F3N. The number of nitrogens with one attached hydrogen (secondary N) is 1. The lowest BCUT2D eigenvalue weighted by Crippen LogP contribution is -2.21. The number of rotatable bonds is 5. The van der Waals surface area contributed by atoms with Gasteiger partial charge in [0.15, 0.2) is 0 Å². The third-order valence-electron chi connectivity index (χ3n) is 2.63. The van der Waals surface area contributed by atoms with E-state index in [2.05, 4.69) is 5.32 Å². The van der Waals surface area contributed by atoms with Gasteiger partial charge in [0, 0.05) is 12.5 Å². The van der Waals surface area contributed by atoms with Crippen LogP contribution < -0.4 is 5.32 Å². The molecule has 1 aromatic carbocycles. The molecule has 0 heterocycles. The summed E-state index contributed by atoms with van der Waals surface area (Å²) >= 11 is 0. The first kappa shape index (κ1) is 14.0. The van der Waals surface area contributed by atoms with Gasteiger partial charge >= 0.3 is 6.18 Å². The van der Waals surface area contributed by atoms with E-state index in [1.54, 1.807) is 0 Å². The van der Waals surface area contributed by atoms with E-state index < -0.39 is 12.6 Å². The molecule has 0 fully saturated rings. The number of hydrogen-bond acceptors (Lipinski definition) is 1. The van der Waals surface area contributed by atoms with Gasteiger partial charge in [-0.2, -0.15) is 13.2 Å². The van der Waals surface area contributed by atoms with Gasteiger partial charge in [-0.1, -0.05) is 29.8 Å². The molecule has 0 aliphatic rings. The molecule has 0 aliphatic heterocycles. The number of halogens is 3. The van der Waals surface area contributed by atoms with Gasteiger partial charge < -0.3 is 5.32 Å². The van der Waals surface area contributed by atoms with E-state index in [1.165, 1.54) is 0 Å². The Kier molecular flexibility index (Phi) is 5.00. The van der Waals surface area contributed by atoms with E-state index in [1.807, 2.05) is 38.1 Å². The van der Waals surface area contributed by atoms with Crippen LogP contribution in [0.5, 0.6) is 0 Å². The van der Waals surface area contributed by atoms with Crippen LogP contribution in [0.4, 0.5) is 13.2 Å². The first-order valence-electron chi connectivity index (χ1n) is 5.75. The Labute approximate surface area is 100 Å². The van der Waals surface area contributed by atoms with Gasteiger partial charge in [0.2, 0.25) is 0 Å². The average Bonchev–Trinajstić information content (AvgIpc) is 2.23. The summed E-state index contributed by atoms with van der Waals surface area (Å²) in [6.07, 6.45) is -4.64. The maximum Gasteiger partial charge on any atom is 0.389 e. The summed E-state index contributed by atoms with van der Waals surface area (Å²) < 4.78 is 35.8. The van der Waals surface area contributed by atoms with Crippen LogP contribution >= 0.6 is 0 Å². The third kappa shape index (κ3) is 5.73. The van der Waals surface area contributed by atoms with E-state index in [4.69, 9.17) is 0 Å². The molecule has 0 amide bonds. The van der Waals surface area contributed by atoms with Crippen molar-refractivity contribution in [1.29, 1.82) is 0 Å². The van der Waals surface area contributed by atoms with Crippen LogP contribution in [0, 0.1) is 6.92 Å². The Morgan fingerprint density at radius 1 is 1.29 bits per heavy atom. The summed E-state index contributed by atoms with van der Waals surface area (Å²) in [6.45, 7) is 4.34. The van der Waals surface area contributed by atoms with Crippen LogP contribution in [-0.2, 0) is 0 Å². The molecular weight excluding hydrogens is 227 g/mol. The lowest BCUT2D eigenvalue weighted by atomic mass is 10.1. The van der Waals surface area contributed by atoms with Gasteiger partial charge in [-0.15, -0.1) is 0 Å². The molecule has 1 nitrogen and oxygen atoms in total. The van der Waals surface area contributed by atoms with Gasteiger partial charge in [-0.25, -0.2) is 0 Å². The van der Waals surface area contributed by atoms with E-state index in [0.717, 1.165) is 11.1 Å². The largest absolute Gasteiger partial charge is 0.389 e. The molecule has 1 rings (SSSR count). The second kappa shape index (κ2) is 6.05. The molecule has 1 aromatic rings. The normalized spacial score (nSPS) is 13.7. The van der Waals surface area contributed by atoms with E-state index in [0.29, 0.717) is 6.54 Å². The SMILES string of the molecule is Cc1cccc([C@@H](C)NCCCC(F)(F)F)c1. The van der Waals surface area contributed by atoms with Crippen LogP contribution in [0.2, 0.25) is 0 Å². The molecule has 0 aliphatic carbocycles. The van der Waals surface area contributed by atoms with Crippen molar-refractivity contribution in [1.82, 2.24) is 5.32 Å². The van der Waals surface area contributed by atoms with Gasteiger partial charge in [-0.05, 0) is 32.4 Å². The fraction of sp³-hybridized carbons (Fsp3) is 0.538. The lowest BCUT2D eigenvalue weighted by molar-refractivity contribution is -0.135. The Bertz CT molecular complexity index is 347. The average molecular weight is 245 g/mol. The molecule has 0 radical (unpaired) electrons. The Morgan fingerprint density at radius 3 is 2.59 bits per heavy atom. The summed E-state index contributed by atoms with van der Waals surface area (Å²) in [7, 11) is 0. The third-order valence-corrected chi connectivity index (χ3v) is 2.63. The first-order valence-corrected chi connectivity index (χ1v) is 5.75. The zero-order valence-electron chi connectivity index (χ0n) is 10.1. The minimum atomic E-state index is -4.05. The highest BCUT2D eigenvalue weighted by Crippen LogP contribution is 2.21. The maximum absolute atomic E-state index is 11.9. The molecule has 0 bridgehead atoms. The van der Waals surface area contributed by atoms with E-state index >= 15 is 0 Å². The summed E-state index contributed by atoms with van der Waals surface area (Å²) in [5.74, 6) is 0. The molecule has 0 spiro atoms. The molecule has 0 unspecified atom stereocenters. The van der Waals surface area contributed by atoms with Gasteiger partial charge in [0.1, 0.15) is 0 Å². The number of alkyl halides is 3. The van der Waals surface area contributed by atoms with Crippen molar-refractivity contribution in [2.45, 2.75) is 38.9 Å². The molecule has 1 atom stereocenters. The van der Waals surface area contributed by atoms with Crippen LogP contribution in [0.25, 0.3) is 0 Å². The smallest absolute Gasteiger partial charge is 0.310 e. The second-order valence-corrected chi connectivity index (χ2v) is 4.31. The molecule has 0 aromatic heterocycles. The van der Waals surface area contributed by atoms with Crippen LogP contribution in [0.1, 0.15) is 36.9 Å². The highest BCUT2D eigenvalue weighted by molar-refractivity contribution is 5.24. The van der Waals surface area contributed by atoms with Crippen LogP contribution in [0.3, 0.4) is 0 Å². The minimum absolute atomic E-state index is 0.0862. The summed E-state index contributed by atoms with van der Waals surface area (Å²) in [5.41, 5.74) is 2.27. The highest BCUT2D eigenvalue weighted by Gasteiger charge is 2.25. The quantitative estimate of drug-likeness (QED) is 0.773. The van der Waals surface area contributed by atoms with Crippen molar-refractivity contribution in [2.75, 3.05) is 6.54 Å². The summed E-state index contributed by atoms with van der Waals surface area (Å²) in [4.78, 5) is 0. The summed E-state index contributed by atoms with van der Waals surface area (Å²) in [6, 6.07) is 8.07. The maximum atomic E-state index is 11.9. The Hall–Kier alpha value is -1.03. The lowest BCUT2D eigenvalue weighted by Gasteiger charge is -2.15. The molecule has 17 heavy (non-hydrogen) atoms. The Balaban J connectivity index is 2.33. The van der Waals surface area contributed by atoms with Crippen molar-refractivity contribution in [3.63, 3.8) is 0 Å². The fourth-order valence-corrected chi connectivity index (χ4v) is 1.66. The zero-order valence-corrected chi connectivity index (χ0v) is 10.1. The fourth-order valence-electron chi connectivity index (χ4n) is 1.66. The standard InChI is InChI=1S/C13H18F3N/c1-10-5-3-6-12(9-10)11(2)17-8-4-7-13(14,15)16/h3,5-6,9,11,17H,4,7-8H2,1-2H3/t11-/m1/s1. The molecule has 0 saturated heterocycles. The highest BCUT2D eigenvalue weighted by atomic mass is 19.4. The first-order chi connectivity index (χ1) is 7.88. The minimum Gasteiger partial charge on any atom is -0.310 e. The van der Waals surface area contributed by atoms with Crippen LogP contribution in [-0.4, -0.2) is 12.7 Å². The van der Waals surface area contributed by atoms with Gasteiger partial charge in [0.25, 0.3) is 0 Å². The zero-order chi connectivity index (χ0) is 12.9. The number of aryl methyl sites for hydroxylation is 1.